The maximum atomic E-state index is 11.5. The van der Waals surface area contributed by atoms with Gasteiger partial charge >= 0.3 is 5.97 Å². The molecular weight excluding hydrogens is 412 g/mol. The summed E-state index contributed by atoms with van der Waals surface area (Å²) in [6, 6.07) is 0. The molecule has 4 rings (SSSR count). The fraction of sp³-hybridized carbons (Fsp3) is 0.897. The Morgan fingerprint density at radius 1 is 1.06 bits per heavy atom. The van der Waals surface area contributed by atoms with Crippen LogP contribution < -0.4 is 0 Å². The summed E-state index contributed by atoms with van der Waals surface area (Å²) in [5.41, 5.74) is 1.09. The highest BCUT2D eigenvalue weighted by Gasteiger charge is 2.63. The Morgan fingerprint density at radius 2 is 1.79 bits per heavy atom. The van der Waals surface area contributed by atoms with Crippen LogP contribution in [0.15, 0.2) is 11.6 Å². The largest absolute Gasteiger partial charge is 0.458 e. The number of hydrogen-bond acceptors (Lipinski definition) is 4. The molecule has 0 unspecified atom stereocenters. The maximum absolute atomic E-state index is 11.5. The van der Waals surface area contributed by atoms with Crippen LogP contribution in [0.3, 0.4) is 0 Å². The predicted octanol–water partition coefficient (Wildman–Crippen LogP) is 5.90. The number of esters is 1. The maximum Gasteiger partial charge on any atom is 0.303 e. The van der Waals surface area contributed by atoms with Gasteiger partial charge in [0.05, 0.1) is 6.10 Å². The van der Waals surface area contributed by atoms with E-state index in [4.69, 9.17) is 4.74 Å². The van der Waals surface area contributed by atoms with Gasteiger partial charge in [0.1, 0.15) is 12.2 Å². The Balaban J connectivity index is 1.56. The lowest BCUT2D eigenvalue weighted by Crippen LogP contribution is -2.60. The summed E-state index contributed by atoms with van der Waals surface area (Å²) in [4.78, 5) is 11.5. The lowest BCUT2D eigenvalue weighted by Gasteiger charge is -2.61. The van der Waals surface area contributed by atoms with Crippen molar-refractivity contribution in [2.24, 2.45) is 46.3 Å². The van der Waals surface area contributed by atoms with E-state index in [1.54, 1.807) is 0 Å². The first-order valence-electron chi connectivity index (χ1n) is 13.7. The van der Waals surface area contributed by atoms with Gasteiger partial charge in [-0.2, -0.15) is 0 Å². The normalized spacial score (nSPS) is 45.6. The number of carbonyl (C=O) groups is 1. The van der Waals surface area contributed by atoms with E-state index in [9.17, 15) is 15.0 Å². The van der Waals surface area contributed by atoms with Gasteiger partial charge in [0.15, 0.2) is 0 Å². The molecule has 0 bridgehead atoms. The molecule has 0 amide bonds. The van der Waals surface area contributed by atoms with E-state index in [2.05, 4.69) is 34.6 Å². The number of hydrogen-bond donors (Lipinski definition) is 2. The molecule has 188 valence electrons. The molecule has 4 aliphatic rings. The zero-order valence-electron chi connectivity index (χ0n) is 21.8. The van der Waals surface area contributed by atoms with Crippen molar-refractivity contribution in [3.63, 3.8) is 0 Å². The lowest BCUT2D eigenvalue weighted by atomic mass is 9.45. The van der Waals surface area contributed by atoms with Crippen molar-refractivity contribution in [2.45, 2.75) is 118 Å². The second kappa shape index (κ2) is 9.30. The molecule has 0 aromatic rings. The van der Waals surface area contributed by atoms with E-state index in [0.717, 1.165) is 42.6 Å². The van der Waals surface area contributed by atoms with Crippen molar-refractivity contribution in [3.05, 3.63) is 11.6 Å². The van der Waals surface area contributed by atoms with Gasteiger partial charge in [0.25, 0.3) is 0 Å². The van der Waals surface area contributed by atoms with Gasteiger partial charge in [-0.1, -0.05) is 53.9 Å². The average molecular weight is 461 g/mol. The van der Waals surface area contributed by atoms with Crippen LogP contribution in [0.1, 0.15) is 99.3 Å². The summed E-state index contributed by atoms with van der Waals surface area (Å²) in [7, 11) is 0. The highest BCUT2D eigenvalue weighted by atomic mass is 16.5. The average Bonchev–Trinajstić information content (AvgIpc) is 3.09. The van der Waals surface area contributed by atoms with Gasteiger partial charge in [0.2, 0.25) is 0 Å². The fourth-order valence-electron chi connectivity index (χ4n) is 9.04. The summed E-state index contributed by atoms with van der Waals surface area (Å²) in [6.07, 6.45) is 10.6. The Morgan fingerprint density at radius 3 is 2.45 bits per heavy atom. The van der Waals surface area contributed by atoms with E-state index >= 15 is 0 Å². The van der Waals surface area contributed by atoms with Crippen molar-refractivity contribution < 1.29 is 19.7 Å². The molecule has 10 atom stereocenters. The lowest BCUT2D eigenvalue weighted by molar-refractivity contribution is -0.157. The molecule has 33 heavy (non-hydrogen) atoms. The SMILES string of the molecule is CC(=O)O[C@@H]1C=C2[C@H](O)[C@H](O)[C@H]3[C@@H]4CC[C@H]([C@H](C)CCCC(C)C)[C@@]4(C)CC[C@@H]3[C@@]2(C)CC1. The van der Waals surface area contributed by atoms with Crippen LogP contribution in [0.4, 0.5) is 0 Å². The van der Waals surface area contributed by atoms with Gasteiger partial charge in [-0.25, -0.2) is 0 Å². The van der Waals surface area contributed by atoms with Gasteiger partial charge in [-0.3, -0.25) is 4.79 Å². The van der Waals surface area contributed by atoms with Crippen LogP contribution in [0, 0.1) is 46.3 Å². The minimum atomic E-state index is -0.848. The molecule has 4 aliphatic carbocycles. The molecule has 0 aromatic carbocycles. The standard InChI is InChI=1S/C29H48O4/c1-17(2)8-7-9-18(3)21-10-11-22-25-23(13-15-28(21,22)5)29(6)14-12-20(33-19(4)30)16-24(29)26(31)27(25)32/h16-18,20-23,25-27,31-32H,7-15H2,1-6H3/t18-,20+,21-,22+,23+,25+,26+,27-,28-,29-/m1/s1. The van der Waals surface area contributed by atoms with Gasteiger partial charge in [0, 0.05) is 6.92 Å². The minimum absolute atomic E-state index is 0.109. The Kier molecular flexibility index (Phi) is 7.11. The van der Waals surface area contributed by atoms with E-state index < -0.39 is 12.2 Å². The smallest absolute Gasteiger partial charge is 0.303 e. The van der Waals surface area contributed by atoms with Crippen molar-refractivity contribution in [1.29, 1.82) is 0 Å². The first-order chi connectivity index (χ1) is 15.5. The summed E-state index contributed by atoms with van der Waals surface area (Å²) >= 11 is 0. The van der Waals surface area contributed by atoms with Crippen LogP contribution in [0.5, 0.6) is 0 Å². The molecule has 0 aliphatic heterocycles. The Hall–Kier alpha value is -0.870. The van der Waals surface area contributed by atoms with Crippen LogP contribution in [0.2, 0.25) is 0 Å². The third kappa shape index (κ3) is 4.33. The highest BCUT2D eigenvalue weighted by molar-refractivity contribution is 5.66. The van der Waals surface area contributed by atoms with Crippen LogP contribution in [-0.4, -0.2) is 34.5 Å². The van der Waals surface area contributed by atoms with Crippen molar-refractivity contribution in [2.75, 3.05) is 0 Å². The van der Waals surface area contributed by atoms with Crippen molar-refractivity contribution in [1.82, 2.24) is 0 Å². The molecule has 4 heteroatoms. The highest BCUT2D eigenvalue weighted by Crippen LogP contribution is 2.67. The van der Waals surface area contributed by atoms with E-state index in [1.807, 2.05) is 6.08 Å². The minimum Gasteiger partial charge on any atom is -0.458 e. The number of carbonyl (C=O) groups excluding carboxylic acids is 1. The first-order valence-corrected chi connectivity index (χ1v) is 13.7. The van der Waals surface area contributed by atoms with Crippen LogP contribution in [0.25, 0.3) is 0 Å². The fourth-order valence-corrected chi connectivity index (χ4v) is 9.04. The third-order valence-corrected chi connectivity index (χ3v) is 10.7. The molecule has 3 saturated carbocycles. The molecule has 0 spiro atoms. The molecule has 0 saturated heterocycles. The second-order valence-corrected chi connectivity index (χ2v) is 13.0. The molecule has 0 radical (unpaired) electrons. The van der Waals surface area contributed by atoms with E-state index in [0.29, 0.717) is 11.8 Å². The number of aliphatic hydroxyl groups is 2. The molecule has 0 heterocycles. The predicted molar refractivity (Wildman–Crippen MR) is 131 cm³/mol. The van der Waals surface area contributed by atoms with E-state index in [1.165, 1.54) is 45.4 Å². The van der Waals surface area contributed by atoms with Crippen molar-refractivity contribution in [3.8, 4) is 0 Å². The zero-order chi connectivity index (χ0) is 24.1. The van der Waals surface area contributed by atoms with E-state index in [-0.39, 0.29) is 28.8 Å². The second-order valence-electron chi connectivity index (χ2n) is 13.0. The van der Waals surface area contributed by atoms with Gasteiger partial charge in [-0.05, 0) is 96.5 Å². The topological polar surface area (TPSA) is 66.8 Å². The number of fused-ring (bicyclic) bond motifs is 5. The summed E-state index contributed by atoms with van der Waals surface area (Å²) in [5.74, 6) is 3.00. The molecule has 3 fully saturated rings. The molecule has 2 N–H and O–H groups in total. The molecular formula is C29H48O4. The Labute approximate surface area is 201 Å². The van der Waals surface area contributed by atoms with Gasteiger partial charge < -0.3 is 14.9 Å². The van der Waals surface area contributed by atoms with Crippen LogP contribution >= 0.6 is 0 Å². The Bertz CT molecular complexity index is 759. The number of ether oxygens (including phenoxy) is 1. The third-order valence-electron chi connectivity index (χ3n) is 10.7. The molecule has 0 aromatic heterocycles. The first kappa shape index (κ1) is 25.2. The summed E-state index contributed by atoms with van der Waals surface area (Å²) < 4.78 is 5.47. The number of rotatable bonds is 6. The summed E-state index contributed by atoms with van der Waals surface area (Å²) in [6.45, 7) is 13.4. The zero-order valence-corrected chi connectivity index (χ0v) is 21.8. The van der Waals surface area contributed by atoms with Crippen molar-refractivity contribution >= 4 is 5.97 Å². The monoisotopic (exact) mass is 460 g/mol. The summed E-state index contributed by atoms with van der Waals surface area (Å²) in [5, 5.41) is 22.8. The quantitative estimate of drug-likeness (QED) is 0.382. The van der Waals surface area contributed by atoms with Gasteiger partial charge in [-0.15, -0.1) is 0 Å². The molecule has 4 nitrogen and oxygen atoms in total. The number of aliphatic hydroxyl groups excluding tert-OH is 2. The van der Waals surface area contributed by atoms with Crippen LogP contribution in [-0.2, 0) is 9.53 Å².